The summed E-state index contributed by atoms with van der Waals surface area (Å²) in [5.74, 6) is -0.182. The molecule has 0 aliphatic rings. The van der Waals surface area contributed by atoms with Gasteiger partial charge in [-0.2, -0.15) is 0 Å². The van der Waals surface area contributed by atoms with Gasteiger partial charge in [0, 0.05) is 6.42 Å². The van der Waals surface area contributed by atoms with Crippen LogP contribution in [0.4, 0.5) is 0 Å². The zero-order chi connectivity index (χ0) is 46.4. The average molecular weight is 904 g/mol. The van der Waals surface area contributed by atoms with Gasteiger partial charge in [-0.3, -0.25) is 13.8 Å². The summed E-state index contributed by atoms with van der Waals surface area (Å²) in [6.45, 7) is 4.69. The first-order valence-corrected chi connectivity index (χ1v) is 27.3. The number of carbonyl (C=O) groups is 1. The highest BCUT2D eigenvalue weighted by molar-refractivity contribution is 7.47. The van der Waals surface area contributed by atoms with Gasteiger partial charge in [0.1, 0.15) is 13.2 Å². The van der Waals surface area contributed by atoms with E-state index in [0.29, 0.717) is 17.4 Å². The van der Waals surface area contributed by atoms with Gasteiger partial charge in [0.15, 0.2) is 0 Å². The highest BCUT2D eigenvalue weighted by atomic mass is 31.2. The third-order valence-electron chi connectivity index (χ3n) is 11.2. The van der Waals surface area contributed by atoms with E-state index >= 15 is 0 Å². The second-order valence-corrected chi connectivity index (χ2v) is 20.0. The number of quaternary nitrogens is 1. The number of nitrogens with one attached hydrogen (secondary N) is 1. The van der Waals surface area contributed by atoms with Crippen LogP contribution in [0, 0.1) is 0 Å². The quantitative estimate of drug-likeness (QED) is 0.0243. The van der Waals surface area contributed by atoms with Gasteiger partial charge in [0.25, 0.3) is 0 Å². The molecular weight excluding hydrogens is 804 g/mol. The van der Waals surface area contributed by atoms with Gasteiger partial charge >= 0.3 is 7.82 Å². The van der Waals surface area contributed by atoms with Crippen molar-refractivity contribution in [1.82, 2.24) is 5.32 Å². The Bertz CT molecular complexity index is 1250. The fraction of sp³-hybridized carbons (Fsp3) is 0.759. The molecule has 1 amide bonds. The van der Waals surface area contributed by atoms with E-state index in [2.05, 4.69) is 79.9 Å². The van der Waals surface area contributed by atoms with Crippen molar-refractivity contribution in [1.29, 1.82) is 0 Å². The normalized spacial score (nSPS) is 14.7. The van der Waals surface area contributed by atoms with Crippen LogP contribution in [0.3, 0.4) is 0 Å². The molecule has 0 aliphatic carbocycles. The van der Waals surface area contributed by atoms with E-state index in [1.165, 1.54) is 122 Å². The molecule has 0 aromatic heterocycles. The van der Waals surface area contributed by atoms with Crippen LogP contribution in [0.15, 0.2) is 72.9 Å². The van der Waals surface area contributed by atoms with E-state index in [9.17, 15) is 19.4 Å². The van der Waals surface area contributed by atoms with Gasteiger partial charge in [-0.1, -0.05) is 215 Å². The van der Waals surface area contributed by atoms with Crippen LogP contribution in [0.25, 0.3) is 0 Å². The predicted molar refractivity (Wildman–Crippen MR) is 272 cm³/mol. The van der Waals surface area contributed by atoms with Gasteiger partial charge in [-0.05, 0) is 64.2 Å². The lowest BCUT2D eigenvalue weighted by Crippen LogP contribution is -2.45. The molecule has 0 aromatic rings. The molecule has 366 valence electrons. The highest BCUT2D eigenvalue weighted by Gasteiger charge is 2.27. The van der Waals surface area contributed by atoms with Crippen molar-refractivity contribution in [2.24, 2.45) is 0 Å². The Kier molecular flexibility index (Phi) is 43.6. The second-order valence-electron chi connectivity index (χ2n) is 18.5. The number of aliphatic hydroxyl groups is 1. The number of amides is 1. The van der Waals surface area contributed by atoms with Gasteiger partial charge < -0.3 is 19.8 Å². The molecule has 0 rings (SSSR count). The molecule has 0 saturated heterocycles. The summed E-state index contributed by atoms with van der Waals surface area (Å²) in [5.41, 5.74) is 0. The standard InChI is InChI=1S/C54H99N2O6P/c1-6-8-10-12-14-16-18-20-21-22-23-24-25-26-27-28-29-30-31-32-33-34-35-36-38-40-42-44-46-48-54(58)55-52(51-62-63(59,60)61-50-49-56(3,4)5)53(57)47-45-43-41-39-37-19-17-15-13-11-9-7-2/h8,10,14,16,20-21,23-24,26-27,45,47,52-53,57H,6-7,9,11-13,15,17-19,22,25,28-44,46,48-51H2,1-5H3,(H-,55,58,59,60)/p+1/b10-8-,16-14-,21-20-,24-23-,27-26-,47-45+. The van der Waals surface area contributed by atoms with Gasteiger partial charge in [-0.25, -0.2) is 4.57 Å². The van der Waals surface area contributed by atoms with Crippen LogP contribution < -0.4 is 5.32 Å². The number of hydrogen-bond acceptors (Lipinski definition) is 5. The van der Waals surface area contributed by atoms with E-state index < -0.39 is 20.0 Å². The first-order valence-electron chi connectivity index (χ1n) is 25.8. The number of unbranched alkanes of at least 4 members (excludes halogenated alkanes) is 23. The number of likely N-dealkylation sites (N-methyl/N-ethyl adjacent to an activating group) is 1. The maximum absolute atomic E-state index is 12.9. The third-order valence-corrected chi connectivity index (χ3v) is 12.2. The van der Waals surface area contributed by atoms with Crippen molar-refractivity contribution in [2.45, 2.75) is 225 Å². The molecule has 8 nitrogen and oxygen atoms in total. The molecule has 9 heteroatoms. The molecule has 0 bridgehead atoms. The number of phosphoric acid groups is 1. The van der Waals surface area contributed by atoms with E-state index in [-0.39, 0.29) is 19.1 Å². The number of phosphoric ester groups is 1. The molecule has 63 heavy (non-hydrogen) atoms. The summed E-state index contributed by atoms with van der Waals surface area (Å²) in [6, 6.07) is -0.849. The maximum atomic E-state index is 12.9. The zero-order valence-electron chi connectivity index (χ0n) is 41.5. The zero-order valence-corrected chi connectivity index (χ0v) is 42.4. The number of allylic oxidation sites excluding steroid dienone is 11. The average Bonchev–Trinajstić information content (AvgIpc) is 3.24. The van der Waals surface area contributed by atoms with Crippen LogP contribution in [-0.4, -0.2) is 73.4 Å². The largest absolute Gasteiger partial charge is 0.472 e. The monoisotopic (exact) mass is 904 g/mol. The maximum Gasteiger partial charge on any atom is 0.472 e. The minimum atomic E-state index is -4.34. The molecule has 0 fully saturated rings. The highest BCUT2D eigenvalue weighted by Crippen LogP contribution is 2.43. The van der Waals surface area contributed by atoms with Crippen molar-refractivity contribution in [2.75, 3.05) is 40.9 Å². The Morgan fingerprint density at radius 2 is 0.952 bits per heavy atom. The smallest absolute Gasteiger partial charge is 0.387 e. The summed E-state index contributed by atoms with van der Waals surface area (Å²) in [6.07, 6.45) is 61.3. The van der Waals surface area contributed by atoms with Crippen molar-refractivity contribution in [3.63, 3.8) is 0 Å². The molecule has 0 aromatic carbocycles. The lowest BCUT2D eigenvalue weighted by molar-refractivity contribution is -0.870. The molecule has 3 N–H and O–H groups in total. The van der Waals surface area contributed by atoms with Crippen molar-refractivity contribution in [3.8, 4) is 0 Å². The lowest BCUT2D eigenvalue weighted by atomic mass is 10.0. The Morgan fingerprint density at radius 1 is 0.556 bits per heavy atom. The van der Waals surface area contributed by atoms with E-state index in [4.69, 9.17) is 9.05 Å². The minimum absolute atomic E-state index is 0.0591. The molecule has 3 unspecified atom stereocenters. The number of nitrogens with zero attached hydrogens (tertiary/aromatic N) is 1. The van der Waals surface area contributed by atoms with Crippen LogP contribution >= 0.6 is 7.82 Å². The molecule has 0 saturated carbocycles. The van der Waals surface area contributed by atoms with E-state index in [1.54, 1.807) is 6.08 Å². The number of hydrogen-bond donors (Lipinski definition) is 3. The molecule has 0 spiro atoms. The van der Waals surface area contributed by atoms with Gasteiger partial charge in [-0.15, -0.1) is 0 Å². The summed E-state index contributed by atoms with van der Waals surface area (Å²) >= 11 is 0. The molecule has 3 atom stereocenters. The minimum Gasteiger partial charge on any atom is -0.387 e. The fourth-order valence-electron chi connectivity index (χ4n) is 7.13. The number of aliphatic hydroxyl groups excluding tert-OH is 1. The molecular formula is C54H100N2O6P+. The summed E-state index contributed by atoms with van der Waals surface area (Å²) < 4.78 is 23.6. The third kappa shape index (κ3) is 47.7. The Labute approximate surface area is 389 Å². The van der Waals surface area contributed by atoms with Crippen LogP contribution in [-0.2, 0) is 18.4 Å². The van der Waals surface area contributed by atoms with Crippen molar-refractivity contribution in [3.05, 3.63) is 72.9 Å². The van der Waals surface area contributed by atoms with Crippen molar-refractivity contribution >= 4 is 13.7 Å². The number of carbonyl (C=O) groups excluding carboxylic acids is 1. The molecule has 0 aliphatic heterocycles. The summed E-state index contributed by atoms with van der Waals surface area (Å²) in [5, 5.41) is 13.8. The van der Waals surface area contributed by atoms with Crippen LogP contribution in [0.1, 0.15) is 213 Å². The lowest BCUT2D eigenvalue weighted by Gasteiger charge is -2.25. The summed E-state index contributed by atoms with van der Waals surface area (Å²) in [7, 11) is 1.57. The van der Waals surface area contributed by atoms with E-state index in [0.717, 1.165) is 70.6 Å². The van der Waals surface area contributed by atoms with E-state index in [1.807, 2.05) is 27.2 Å². The Balaban J connectivity index is 4.15. The Morgan fingerprint density at radius 3 is 1.40 bits per heavy atom. The van der Waals surface area contributed by atoms with Gasteiger partial charge in [0.2, 0.25) is 5.91 Å². The molecule has 0 heterocycles. The van der Waals surface area contributed by atoms with Crippen LogP contribution in [0.5, 0.6) is 0 Å². The first-order chi connectivity index (χ1) is 30.5. The number of rotatable bonds is 46. The first kappa shape index (κ1) is 60.9. The fourth-order valence-corrected chi connectivity index (χ4v) is 7.86. The Hall–Kier alpha value is -2.06. The second kappa shape index (κ2) is 45.1. The van der Waals surface area contributed by atoms with Gasteiger partial charge in [0.05, 0.1) is 39.9 Å². The van der Waals surface area contributed by atoms with Crippen molar-refractivity contribution < 1.29 is 32.9 Å². The summed E-state index contributed by atoms with van der Waals surface area (Å²) in [4.78, 5) is 23.2. The predicted octanol–water partition coefficient (Wildman–Crippen LogP) is 15.1. The molecule has 0 radical (unpaired) electrons. The SMILES string of the molecule is CC/C=C\C/C=C\C/C=C\C/C=C\C/C=C\CCCCCCCCCCCCCCCC(=O)NC(COP(=O)(O)OCC[N+](C)(C)C)C(O)/C=C/CCCCCCCCCCCC. The van der Waals surface area contributed by atoms with Crippen LogP contribution in [0.2, 0.25) is 0 Å². The topological polar surface area (TPSA) is 105 Å².